The molecule has 4 nitrogen and oxygen atoms in total. The van der Waals surface area contributed by atoms with Crippen LogP contribution in [0.4, 0.5) is 0 Å². The minimum absolute atomic E-state index is 0.109. The Hall–Kier alpha value is -0.870. The highest BCUT2D eigenvalue weighted by Gasteiger charge is 2.58. The second kappa shape index (κ2) is 7.67. The molecule has 1 N–H and O–H groups in total. The monoisotopic (exact) mass is 400 g/mol. The van der Waals surface area contributed by atoms with Crippen LogP contribution in [0, 0.1) is 28.6 Å². The minimum Gasteiger partial charge on any atom is -0.394 e. The minimum atomic E-state index is -0.109. The Morgan fingerprint density at radius 2 is 1.86 bits per heavy atom. The van der Waals surface area contributed by atoms with Crippen LogP contribution >= 0.6 is 0 Å². The summed E-state index contributed by atoms with van der Waals surface area (Å²) in [5, 5.41) is 14.9. The Labute approximate surface area is 176 Å². The lowest BCUT2D eigenvalue weighted by molar-refractivity contribution is -0.0217. The molecule has 4 heteroatoms. The van der Waals surface area contributed by atoms with E-state index in [1.54, 1.807) is 5.57 Å². The number of hydrogen-bond acceptors (Lipinski definition) is 4. The third-order valence-corrected chi connectivity index (χ3v) is 9.69. The molecule has 1 heterocycles. The van der Waals surface area contributed by atoms with Crippen LogP contribution in [0.5, 0.6) is 0 Å². The molecular formula is C25H40N2O2. The number of nitrogens with zero attached hydrogens (tertiary/aromatic N) is 2. The van der Waals surface area contributed by atoms with Gasteiger partial charge in [-0.3, -0.25) is 4.90 Å². The molecule has 162 valence electrons. The largest absolute Gasteiger partial charge is 0.394 e. The first-order chi connectivity index (χ1) is 14.0. The highest BCUT2D eigenvalue weighted by Crippen LogP contribution is 2.64. The molecular weight excluding hydrogens is 360 g/mol. The molecule has 4 fully saturated rings. The van der Waals surface area contributed by atoms with E-state index < -0.39 is 0 Å². The number of likely N-dealkylation sites (tertiary alicyclic amines) is 1. The number of aliphatic hydroxyl groups excluding tert-OH is 1. The van der Waals surface area contributed by atoms with E-state index in [9.17, 15) is 5.11 Å². The third-order valence-electron chi connectivity index (χ3n) is 9.69. The maximum Gasteiger partial charge on any atom is 0.129 e. The molecule has 0 unspecified atom stereocenters. The van der Waals surface area contributed by atoms with Gasteiger partial charge in [-0.25, -0.2) is 0 Å². The number of fused-ring (bicyclic) bond motifs is 5. The lowest BCUT2D eigenvalue weighted by Crippen LogP contribution is -2.50. The van der Waals surface area contributed by atoms with E-state index >= 15 is 0 Å². The van der Waals surface area contributed by atoms with Gasteiger partial charge >= 0.3 is 0 Å². The molecule has 0 amide bonds. The summed E-state index contributed by atoms with van der Waals surface area (Å²) in [6.07, 6.45) is 14.4. The van der Waals surface area contributed by atoms with Crippen molar-refractivity contribution >= 4 is 5.71 Å². The first-order valence-corrected chi connectivity index (χ1v) is 12.3. The first-order valence-electron chi connectivity index (χ1n) is 12.3. The smallest absolute Gasteiger partial charge is 0.129 e. The molecule has 0 aromatic carbocycles. The molecule has 1 saturated heterocycles. The molecule has 5 aliphatic rings. The zero-order valence-electron chi connectivity index (χ0n) is 18.5. The van der Waals surface area contributed by atoms with Crippen LogP contribution in [0.25, 0.3) is 0 Å². The Kier molecular flexibility index (Phi) is 5.31. The van der Waals surface area contributed by atoms with E-state index in [0.717, 1.165) is 50.2 Å². The fraction of sp³-hybridized carbons (Fsp3) is 0.880. The fourth-order valence-electron chi connectivity index (χ4n) is 7.88. The van der Waals surface area contributed by atoms with Crippen molar-refractivity contribution in [3.05, 3.63) is 11.6 Å². The SMILES string of the molecule is C[C@]12CC[C@H](O)CC1=CC[C@@H]1[C@@H]2CC[C@]2(C)/C(=N/OCCN3CCCC3)CC[C@@H]12. The summed E-state index contributed by atoms with van der Waals surface area (Å²) in [7, 11) is 0. The predicted octanol–water partition coefficient (Wildman–Crippen LogP) is 4.78. The van der Waals surface area contributed by atoms with Crippen LogP contribution in [0.15, 0.2) is 16.8 Å². The molecule has 0 bridgehead atoms. The topological polar surface area (TPSA) is 45.1 Å². The number of aliphatic hydroxyl groups is 1. The zero-order chi connectivity index (χ0) is 20.1. The summed E-state index contributed by atoms with van der Waals surface area (Å²) in [4.78, 5) is 8.35. The van der Waals surface area contributed by atoms with Crippen molar-refractivity contribution in [2.24, 2.45) is 33.7 Å². The fourth-order valence-corrected chi connectivity index (χ4v) is 7.88. The van der Waals surface area contributed by atoms with Crippen LogP contribution in [-0.4, -0.2) is 48.1 Å². The van der Waals surface area contributed by atoms with Gasteiger partial charge in [-0.1, -0.05) is 30.7 Å². The van der Waals surface area contributed by atoms with Crippen LogP contribution < -0.4 is 0 Å². The molecule has 29 heavy (non-hydrogen) atoms. The Morgan fingerprint density at radius 3 is 2.69 bits per heavy atom. The predicted molar refractivity (Wildman–Crippen MR) is 117 cm³/mol. The van der Waals surface area contributed by atoms with Crippen molar-refractivity contribution in [2.75, 3.05) is 26.2 Å². The highest BCUT2D eigenvalue weighted by atomic mass is 16.6. The van der Waals surface area contributed by atoms with Crippen LogP contribution in [-0.2, 0) is 4.84 Å². The maximum absolute atomic E-state index is 10.2. The van der Waals surface area contributed by atoms with Crippen molar-refractivity contribution in [3.8, 4) is 0 Å². The molecule has 0 aromatic rings. The average molecular weight is 401 g/mol. The standard InChI is InChI=1S/C25H40N2O2/c1-24-11-9-19(28)17-18(24)5-6-20-21-7-8-23(25(21,2)12-10-22(20)24)26-29-16-15-27-13-3-4-14-27/h5,19-22,28H,3-4,6-17H2,1-2H3/b26-23+/t19-,20-,21-,22-,24-,25-/m0/s1. The molecule has 3 saturated carbocycles. The summed E-state index contributed by atoms with van der Waals surface area (Å²) in [6.45, 7) is 9.22. The van der Waals surface area contributed by atoms with E-state index in [2.05, 4.69) is 24.8 Å². The van der Waals surface area contributed by atoms with Crippen molar-refractivity contribution in [1.82, 2.24) is 4.90 Å². The summed E-state index contributed by atoms with van der Waals surface area (Å²) in [5.41, 5.74) is 3.49. The quantitative estimate of drug-likeness (QED) is 0.420. The molecule has 1 aliphatic heterocycles. The summed E-state index contributed by atoms with van der Waals surface area (Å²) in [5.74, 6) is 2.34. The summed E-state index contributed by atoms with van der Waals surface area (Å²) >= 11 is 0. The van der Waals surface area contributed by atoms with E-state index in [4.69, 9.17) is 9.99 Å². The average Bonchev–Trinajstić information content (AvgIpc) is 3.33. The maximum atomic E-state index is 10.2. The molecule has 4 aliphatic carbocycles. The summed E-state index contributed by atoms with van der Waals surface area (Å²) in [6, 6.07) is 0. The van der Waals surface area contributed by atoms with Crippen LogP contribution in [0.3, 0.4) is 0 Å². The van der Waals surface area contributed by atoms with Gasteiger partial charge in [0.1, 0.15) is 6.61 Å². The molecule has 5 rings (SSSR count). The van der Waals surface area contributed by atoms with Crippen molar-refractivity contribution < 1.29 is 9.94 Å². The van der Waals surface area contributed by atoms with Gasteiger partial charge in [0.2, 0.25) is 0 Å². The van der Waals surface area contributed by atoms with Gasteiger partial charge in [-0.2, -0.15) is 0 Å². The van der Waals surface area contributed by atoms with E-state index in [1.165, 1.54) is 63.7 Å². The van der Waals surface area contributed by atoms with Gasteiger partial charge in [0.15, 0.2) is 0 Å². The van der Waals surface area contributed by atoms with Crippen molar-refractivity contribution in [1.29, 1.82) is 0 Å². The van der Waals surface area contributed by atoms with E-state index in [-0.39, 0.29) is 11.5 Å². The second-order valence-electron chi connectivity index (χ2n) is 11.1. The second-order valence-corrected chi connectivity index (χ2v) is 11.1. The lowest BCUT2D eigenvalue weighted by Gasteiger charge is -2.57. The Morgan fingerprint density at radius 1 is 1.10 bits per heavy atom. The van der Waals surface area contributed by atoms with Crippen LogP contribution in [0.1, 0.15) is 78.1 Å². The third kappa shape index (κ3) is 3.39. The Balaban J connectivity index is 1.27. The van der Waals surface area contributed by atoms with Gasteiger partial charge in [-0.05, 0) is 100 Å². The zero-order valence-corrected chi connectivity index (χ0v) is 18.5. The Bertz CT molecular complexity index is 682. The summed E-state index contributed by atoms with van der Waals surface area (Å²) < 4.78 is 0. The van der Waals surface area contributed by atoms with Gasteiger partial charge in [0, 0.05) is 12.0 Å². The molecule has 6 atom stereocenters. The van der Waals surface area contributed by atoms with Crippen molar-refractivity contribution in [2.45, 2.75) is 84.2 Å². The lowest BCUT2D eigenvalue weighted by atomic mass is 9.48. The van der Waals surface area contributed by atoms with Crippen molar-refractivity contribution in [3.63, 3.8) is 0 Å². The highest BCUT2D eigenvalue weighted by molar-refractivity contribution is 5.92. The van der Waals surface area contributed by atoms with Gasteiger partial charge in [0.05, 0.1) is 11.8 Å². The first kappa shape index (κ1) is 20.1. The van der Waals surface area contributed by atoms with Crippen LogP contribution in [0.2, 0.25) is 0 Å². The van der Waals surface area contributed by atoms with Gasteiger partial charge in [0.25, 0.3) is 0 Å². The molecule has 0 aromatic heterocycles. The van der Waals surface area contributed by atoms with Gasteiger partial charge in [-0.15, -0.1) is 0 Å². The normalized spacial score (nSPS) is 46.2. The molecule has 0 spiro atoms. The molecule has 0 radical (unpaired) electrons. The van der Waals surface area contributed by atoms with Gasteiger partial charge < -0.3 is 9.94 Å². The number of allylic oxidation sites excluding steroid dienone is 1. The number of oxime groups is 1. The van der Waals surface area contributed by atoms with E-state index in [1.807, 2.05) is 0 Å². The van der Waals surface area contributed by atoms with E-state index in [0.29, 0.717) is 5.41 Å². The number of rotatable bonds is 4. The number of hydrogen-bond donors (Lipinski definition) is 1.